The second-order valence-electron chi connectivity index (χ2n) is 3.48. The number of carbonyl (C=O) groups excluding carboxylic acids is 1. The lowest BCUT2D eigenvalue weighted by Gasteiger charge is -2.01. The van der Waals surface area contributed by atoms with Crippen LogP contribution >= 0.6 is 0 Å². The monoisotopic (exact) mass is 219 g/mol. The maximum Gasteiger partial charge on any atom is 0.407 e. The molecule has 1 aromatic rings. The van der Waals surface area contributed by atoms with Gasteiger partial charge in [0.1, 0.15) is 12.4 Å². The van der Waals surface area contributed by atoms with Crippen molar-refractivity contribution in [1.82, 2.24) is 5.32 Å². The second kappa shape index (κ2) is 4.70. The molecule has 0 bridgehead atoms. The zero-order chi connectivity index (χ0) is 11.4. The minimum absolute atomic E-state index is 0.0328. The van der Waals surface area contributed by atoms with Gasteiger partial charge >= 0.3 is 6.09 Å². The highest BCUT2D eigenvalue weighted by Crippen LogP contribution is 2.12. The Morgan fingerprint density at radius 1 is 1.44 bits per heavy atom. The summed E-state index contributed by atoms with van der Waals surface area (Å²) >= 11 is 0. The topological polar surface area (TPSA) is 47.6 Å². The van der Waals surface area contributed by atoms with E-state index in [1.807, 2.05) is 36.4 Å². The highest BCUT2D eigenvalue weighted by molar-refractivity contribution is 5.70. The molecule has 0 radical (unpaired) electrons. The molecule has 1 aromatic carbocycles. The van der Waals surface area contributed by atoms with Crippen molar-refractivity contribution < 1.29 is 14.3 Å². The molecule has 1 heterocycles. The molecular weight excluding hydrogens is 206 g/mol. The average molecular weight is 219 g/mol. The Hall–Kier alpha value is -1.97. The van der Waals surface area contributed by atoms with E-state index in [1.54, 1.807) is 7.11 Å². The summed E-state index contributed by atoms with van der Waals surface area (Å²) in [6.07, 6.45) is 3.50. The van der Waals surface area contributed by atoms with Crippen LogP contribution in [0.5, 0.6) is 5.75 Å². The summed E-state index contributed by atoms with van der Waals surface area (Å²) in [4.78, 5) is 10.8. The Bertz CT molecular complexity index is 397. The first-order valence-corrected chi connectivity index (χ1v) is 5.03. The van der Waals surface area contributed by atoms with E-state index in [-0.39, 0.29) is 12.1 Å². The molecule has 84 valence electrons. The molecule has 2 rings (SSSR count). The van der Waals surface area contributed by atoms with Gasteiger partial charge in [-0.3, -0.25) is 0 Å². The minimum atomic E-state index is -0.357. The fourth-order valence-electron chi connectivity index (χ4n) is 1.45. The van der Waals surface area contributed by atoms with Crippen LogP contribution in [0.25, 0.3) is 6.08 Å². The molecule has 4 nitrogen and oxygen atoms in total. The molecule has 1 N–H and O–H groups in total. The first kappa shape index (κ1) is 10.5. The predicted octanol–water partition coefficient (Wildman–Crippen LogP) is 1.82. The molecule has 1 aliphatic heterocycles. The molecule has 16 heavy (non-hydrogen) atoms. The third-order valence-electron chi connectivity index (χ3n) is 2.33. The summed E-state index contributed by atoms with van der Waals surface area (Å²) in [5.74, 6) is 0.828. The molecular formula is C12H13NO3. The van der Waals surface area contributed by atoms with Crippen LogP contribution in [0.15, 0.2) is 30.3 Å². The van der Waals surface area contributed by atoms with Crippen molar-refractivity contribution in [3.05, 3.63) is 35.9 Å². The Labute approximate surface area is 93.9 Å². The van der Waals surface area contributed by atoms with Crippen LogP contribution in [-0.4, -0.2) is 25.9 Å². The lowest BCUT2D eigenvalue weighted by atomic mass is 10.2. The maximum absolute atomic E-state index is 10.8. The summed E-state index contributed by atoms with van der Waals surface area (Å²) in [6, 6.07) is 7.65. The number of ether oxygens (including phenoxy) is 2. The van der Waals surface area contributed by atoms with Crippen molar-refractivity contribution in [1.29, 1.82) is 0 Å². The van der Waals surface area contributed by atoms with E-state index in [0.29, 0.717) is 6.61 Å². The highest BCUT2D eigenvalue weighted by Gasteiger charge is 2.18. The smallest absolute Gasteiger partial charge is 0.407 e. The van der Waals surface area contributed by atoms with E-state index in [1.165, 1.54) is 0 Å². The van der Waals surface area contributed by atoms with E-state index >= 15 is 0 Å². The SMILES string of the molecule is COc1ccc(/C=C\[C@@H]2COC(=O)N2)cc1. The Kier molecular flexibility index (Phi) is 3.10. The summed E-state index contributed by atoms with van der Waals surface area (Å²) in [7, 11) is 1.64. The van der Waals surface area contributed by atoms with Gasteiger partial charge in [0.15, 0.2) is 0 Å². The molecule has 0 unspecified atom stereocenters. The number of hydrogen-bond acceptors (Lipinski definition) is 3. The molecule has 1 amide bonds. The average Bonchev–Trinajstić information content (AvgIpc) is 2.73. The quantitative estimate of drug-likeness (QED) is 0.843. The summed E-state index contributed by atoms with van der Waals surface area (Å²) in [5.41, 5.74) is 1.06. The number of benzene rings is 1. The van der Waals surface area contributed by atoms with Crippen LogP contribution < -0.4 is 10.1 Å². The summed E-state index contributed by atoms with van der Waals surface area (Å²) in [5, 5.41) is 2.67. The number of rotatable bonds is 3. The first-order chi connectivity index (χ1) is 7.78. The molecule has 0 aliphatic carbocycles. The largest absolute Gasteiger partial charge is 0.497 e. The molecule has 1 atom stereocenters. The maximum atomic E-state index is 10.8. The van der Waals surface area contributed by atoms with Crippen LogP contribution in [0.3, 0.4) is 0 Å². The third kappa shape index (κ3) is 2.53. The number of carbonyl (C=O) groups is 1. The molecule has 4 heteroatoms. The fourth-order valence-corrected chi connectivity index (χ4v) is 1.45. The number of methoxy groups -OCH3 is 1. The summed E-state index contributed by atoms with van der Waals surface area (Å²) in [6.45, 7) is 0.394. The first-order valence-electron chi connectivity index (χ1n) is 5.03. The van der Waals surface area contributed by atoms with Crippen LogP contribution in [0, 0.1) is 0 Å². The molecule has 1 aliphatic rings. The zero-order valence-electron chi connectivity index (χ0n) is 8.97. The predicted molar refractivity (Wildman–Crippen MR) is 60.3 cm³/mol. The van der Waals surface area contributed by atoms with Gasteiger partial charge in [0.25, 0.3) is 0 Å². The van der Waals surface area contributed by atoms with Crippen LogP contribution in [-0.2, 0) is 4.74 Å². The van der Waals surface area contributed by atoms with Crippen molar-refractivity contribution in [2.45, 2.75) is 6.04 Å². The van der Waals surface area contributed by atoms with E-state index in [4.69, 9.17) is 9.47 Å². The molecule has 0 spiro atoms. The Balaban J connectivity index is 1.97. The molecule has 0 saturated carbocycles. The number of nitrogens with one attached hydrogen (secondary N) is 1. The summed E-state index contributed by atoms with van der Waals surface area (Å²) < 4.78 is 9.83. The number of alkyl carbamates (subject to hydrolysis) is 1. The lowest BCUT2D eigenvalue weighted by Crippen LogP contribution is -2.23. The van der Waals surface area contributed by atoms with E-state index in [0.717, 1.165) is 11.3 Å². The van der Waals surface area contributed by atoms with Crippen molar-refractivity contribution in [2.24, 2.45) is 0 Å². The van der Waals surface area contributed by atoms with Gasteiger partial charge in [-0.25, -0.2) is 4.79 Å². The van der Waals surface area contributed by atoms with Gasteiger partial charge in [-0.2, -0.15) is 0 Å². The standard InChI is InChI=1S/C12H13NO3/c1-15-11-6-3-9(4-7-11)2-5-10-8-16-12(14)13-10/h2-7,10H,8H2,1H3,(H,13,14)/b5-2-/t10-/m1/s1. The van der Waals surface area contributed by atoms with Crippen molar-refractivity contribution in [2.75, 3.05) is 13.7 Å². The molecule has 1 saturated heterocycles. The van der Waals surface area contributed by atoms with Crippen LogP contribution in [0.4, 0.5) is 4.79 Å². The zero-order valence-corrected chi connectivity index (χ0v) is 8.97. The van der Waals surface area contributed by atoms with Gasteiger partial charge in [0.2, 0.25) is 0 Å². The highest BCUT2D eigenvalue weighted by atomic mass is 16.6. The van der Waals surface area contributed by atoms with Gasteiger partial charge in [0, 0.05) is 0 Å². The van der Waals surface area contributed by atoms with Crippen molar-refractivity contribution in [3.63, 3.8) is 0 Å². The number of amides is 1. The normalized spacial score (nSPS) is 19.6. The van der Waals surface area contributed by atoms with Crippen LogP contribution in [0.2, 0.25) is 0 Å². The molecule has 0 aromatic heterocycles. The minimum Gasteiger partial charge on any atom is -0.497 e. The fraction of sp³-hybridized carbons (Fsp3) is 0.250. The van der Waals surface area contributed by atoms with E-state index in [2.05, 4.69) is 5.32 Å². The lowest BCUT2D eigenvalue weighted by molar-refractivity contribution is 0.177. The second-order valence-corrected chi connectivity index (χ2v) is 3.48. The van der Waals surface area contributed by atoms with Crippen molar-refractivity contribution >= 4 is 12.2 Å². The van der Waals surface area contributed by atoms with Gasteiger partial charge in [-0.15, -0.1) is 0 Å². The van der Waals surface area contributed by atoms with Gasteiger partial charge in [0.05, 0.1) is 13.2 Å². The van der Waals surface area contributed by atoms with Gasteiger partial charge in [-0.05, 0) is 17.7 Å². The van der Waals surface area contributed by atoms with E-state index < -0.39 is 0 Å². The third-order valence-corrected chi connectivity index (χ3v) is 2.33. The van der Waals surface area contributed by atoms with Crippen LogP contribution in [0.1, 0.15) is 5.56 Å². The van der Waals surface area contributed by atoms with Gasteiger partial charge < -0.3 is 14.8 Å². The Morgan fingerprint density at radius 2 is 2.19 bits per heavy atom. The number of hydrogen-bond donors (Lipinski definition) is 1. The van der Waals surface area contributed by atoms with Gasteiger partial charge in [-0.1, -0.05) is 24.3 Å². The number of cyclic esters (lactones) is 1. The van der Waals surface area contributed by atoms with E-state index in [9.17, 15) is 4.79 Å². The molecule has 1 fully saturated rings. The Morgan fingerprint density at radius 3 is 2.75 bits per heavy atom. The van der Waals surface area contributed by atoms with Crippen molar-refractivity contribution in [3.8, 4) is 5.75 Å².